The van der Waals surface area contributed by atoms with E-state index in [1.54, 1.807) is 0 Å². The highest BCUT2D eigenvalue weighted by molar-refractivity contribution is 5.85. The van der Waals surface area contributed by atoms with E-state index in [2.05, 4.69) is 24.5 Å². The molecular weight excluding hydrogens is 236 g/mol. The fourth-order valence-electron chi connectivity index (χ4n) is 2.27. The van der Waals surface area contributed by atoms with Crippen molar-refractivity contribution >= 4 is 18.3 Å². The highest BCUT2D eigenvalue weighted by Gasteiger charge is 2.15. The van der Waals surface area contributed by atoms with Crippen molar-refractivity contribution in [3.63, 3.8) is 0 Å². The molecule has 0 bridgehead atoms. The summed E-state index contributed by atoms with van der Waals surface area (Å²) in [6, 6.07) is 0. The van der Waals surface area contributed by atoms with E-state index in [9.17, 15) is 4.79 Å². The van der Waals surface area contributed by atoms with Crippen LogP contribution in [0.1, 0.15) is 46.0 Å². The summed E-state index contributed by atoms with van der Waals surface area (Å²) in [5.74, 6) is 1.43. The third-order valence-electron chi connectivity index (χ3n) is 3.62. The van der Waals surface area contributed by atoms with Crippen molar-refractivity contribution in [1.29, 1.82) is 0 Å². The summed E-state index contributed by atoms with van der Waals surface area (Å²) in [5, 5.41) is 6.44. The lowest BCUT2D eigenvalue weighted by atomic mass is 9.98. The van der Waals surface area contributed by atoms with Gasteiger partial charge in [0.05, 0.1) is 0 Å². The molecule has 17 heavy (non-hydrogen) atoms. The molecule has 1 amide bonds. The zero-order valence-electron chi connectivity index (χ0n) is 11.1. The van der Waals surface area contributed by atoms with Gasteiger partial charge in [0, 0.05) is 13.0 Å². The Labute approximate surface area is 112 Å². The fraction of sp³-hybridized carbons (Fsp3) is 0.923. The average Bonchev–Trinajstić information content (AvgIpc) is 2.34. The van der Waals surface area contributed by atoms with E-state index in [0.717, 1.165) is 32.5 Å². The van der Waals surface area contributed by atoms with Gasteiger partial charge in [-0.2, -0.15) is 0 Å². The van der Waals surface area contributed by atoms with E-state index >= 15 is 0 Å². The van der Waals surface area contributed by atoms with Crippen molar-refractivity contribution in [1.82, 2.24) is 10.6 Å². The smallest absolute Gasteiger partial charge is 0.220 e. The summed E-state index contributed by atoms with van der Waals surface area (Å²) in [7, 11) is 0. The van der Waals surface area contributed by atoms with Crippen LogP contribution in [0.15, 0.2) is 0 Å². The van der Waals surface area contributed by atoms with Crippen LogP contribution in [-0.4, -0.2) is 25.5 Å². The first-order chi connectivity index (χ1) is 7.76. The Kier molecular flexibility index (Phi) is 9.56. The zero-order valence-corrected chi connectivity index (χ0v) is 11.9. The second-order valence-electron chi connectivity index (χ2n) is 4.90. The summed E-state index contributed by atoms with van der Waals surface area (Å²) in [6.07, 6.45) is 5.41. The lowest BCUT2D eigenvalue weighted by Gasteiger charge is -2.23. The third kappa shape index (κ3) is 6.89. The highest BCUT2D eigenvalue weighted by atomic mass is 35.5. The predicted octanol–water partition coefficient (Wildman–Crippen LogP) is 2.35. The van der Waals surface area contributed by atoms with Crippen LogP contribution < -0.4 is 10.6 Å². The zero-order chi connectivity index (χ0) is 11.8. The van der Waals surface area contributed by atoms with Crippen LogP contribution >= 0.6 is 12.4 Å². The van der Waals surface area contributed by atoms with E-state index in [0.29, 0.717) is 18.3 Å². The van der Waals surface area contributed by atoms with Gasteiger partial charge in [-0.05, 0) is 37.8 Å². The van der Waals surface area contributed by atoms with Crippen LogP contribution in [0.3, 0.4) is 0 Å². The SMILES string of the molecule is CCC(CC)CC(=O)NCC1CCCNC1.Cl. The van der Waals surface area contributed by atoms with Gasteiger partial charge in [0.2, 0.25) is 5.91 Å². The van der Waals surface area contributed by atoms with Crippen LogP contribution in [0.5, 0.6) is 0 Å². The maximum atomic E-state index is 11.7. The van der Waals surface area contributed by atoms with E-state index in [-0.39, 0.29) is 18.3 Å². The van der Waals surface area contributed by atoms with Gasteiger partial charge >= 0.3 is 0 Å². The van der Waals surface area contributed by atoms with Crippen molar-refractivity contribution < 1.29 is 4.79 Å². The quantitative estimate of drug-likeness (QED) is 0.772. The Morgan fingerprint density at radius 3 is 2.65 bits per heavy atom. The molecule has 3 nitrogen and oxygen atoms in total. The summed E-state index contributed by atoms with van der Waals surface area (Å²) in [5.41, 5.74) is 0. The molecule has 102 valence electrons. The second-order valence-corrected chi connectivity index (χ2v) is 4.90. The summed E-state index contributed by atoms with van der Waals surface area (Å²) in [6.45, 7) is 7.37. The van der Waals surface area contributed by atoms with Crippen LogP contribution in [0.4, 0.5) is 0 Å². The minimum atomic E-state index is 0. The summed E-state index contributed by atoms with van der Waals surface area (Å²) >= 11 is 0. The maximum absolute atomic E-state index is 11.7. The number of halogens is 1. The van der Waals surface area contributed by atoms with Gasteiger partial charge in [0.25, 0.3) is 0 Å². The normalized spacial score (nSPS) is 19.8. The average molecular weight is 263 g/mol. The summed E-state index contributed by atoms with van der Waals surface area (Å²) in [4.78, 5) is 11.7. The predicted molar refractivity (Wildman–Crippen MR) is 74.5 cm³/mol. The van der Waals surface area contributed by atoms with Gasteiger partial charge in [-0.1, -0.05) is 26.7 Å². The van der Waals surface area contributed by atoms with Crippen molar-refractivity contribution in [3.05, 3.63) is 0 Å². The molecule has 1 heterocycles. The molecule has 1 rings (SSSR count). The summed E-state index contributed by atoms with van der Waals surface area (Å²) < 4.78 is 0. The molecule has 1 saturated heterocycles. The lowest BCUT2D eigenvalue weighted by Crippen LogP contribution is -2.38. The molecule has 0 saturated carbocycles. The topological polar surface area (TPSA) is 41.1 Å². The van der Waals surface area contributed by atoms with Crippen LogP contribution in [0.25, 0.3) is 0 Å². The molecule has 1 fully saturated rings. The monoisotopic (exact) mass is 262 g/mol. The Morgan fingerprint density at radius 2 is 2.12 bits per heavy atom. The largest absolute Gasteiger partial charge is 0.356 e. The van der Waals surface area contributed by atoms with Crippen molar-refractivity contribution in [2.75, 3.05) is 19.6 Å². The molecule has 1 unspecified atom stereocenters. The van der Waals surface area contributed by atoms with Gasteiger partial charge in [-0.3, -0.25) is 4.79 Å². The van der Waals surface area contributed by atoms with Gasteiger partial charge < -0.3 is 10.6 Å². The number of hydrogen-bond donors (Lipinski definition) is 2. The molecule has 0 aromatic heterocycles. The van der Waals surface area contributed by atoms with E-state index in [1.165, 1.54) is 12.8 Å². The molecule has 1 aliphatic heterocycles. The van der Waals surface area contributed by atoms with Gasteiger partial charge in [-0.25, -0.2) is 0 Å². The van der Waals surface area contributed by atoms with E-state index < -0.39 is 0 Å². The fourth-order valence-corrected chi connectivity index (χ4v) is 2.27. The van der Waals surface area contributed by atoms with E-state index in [4.69, 9.17) is 0 Å². The van der Waals surface area contributed by atoms with Crippen LogP contribution in [0, 0.1) is 11.8 Å². The number of nitrogens with one attached hydrogen (secondary N) is 2. The van der Waals surface area contributed by atoms with Gasteiger partial charge in [0.1, 0.15) is 0 Å². The molecule has 0 spiro atoms. The Hall–Kier alpha value is -0.280. The van der Waals surface area contributed by atoms with Crippen LogP contribution in [-0.2, 0) is 4.79 Å². The number of carbonyl (C=O) groups is 1. The van der Waals surface area contributed by atoms with Gasteiger partial charge in [-0.15, -0.1) is 12.4 Å². The first-order valence-electron chi connectivity index (χ1n) is 6.73. The van der Waals surface area contributed by atoms with Crippen LogP contribution in [0.2, 0.25) is 0 Å². The third-order valence-corrected chi connectivity index (χ3v) is 3.62. The highest BCUT2D eigenvalue weighted by Crippen LogP contribution is 2.12. The molecule has 1 atom stereocenters. The van der Waals surface area contributed by atoms with Crippen molar-refractivity contribution in [2.24, 2.45) is 11.8 Å². The number of piperidine rings is 1. The second kappa shape index (κ2) is 9.72. The van der Waals surface area contributed by atoms with Crippen molar-refractivity contribution in [3.8, 4) is 0 Å². The maximum Gasteiger partial charge on any atom is 0.220 e. The van der Waals surface area contributed by atoms with Gasteiger partial charge in [0.15, 0.2) is 0 Å². The number of carbonyl (C=O) groups excluding carboxylic acids is 1. The minimum Gasteiger partial charge on any atom is -0.356 e. The Bertz CT molecular complexity index is 202. The Morgan fingerprint density at radius 1 is 1.41 bits per heavy atom. The molecule has 4 heteroatoms. The standard InChI is InChI=1S/C13H26N2O.ClH/c1-3-11(4-2)8-13(16)15-10-12-6-5-7-14-9-12;/h11-12,14H,3-10H2,1-2H3,(H,15,16);1H. The number of rotatable bonds is 6. The molecule has 2 N–H and O–H groups in total. The first kappa shape index (κ1) is 16.7. The molecule has 1 aliphatic rings. The molecule has 0 aliphatic carbocycles. The lowest BCUT2D eigenvalue weighted by molar-refractivity contribution is -0.122. The number of amides is 1. The van der Waals surface area contributed by atoms with E-state index in [1.807, 2.05) is 0 Å². The molecular formula is C13H27ClN2O. The molecule has 0 aromatic carbocycles. The molecule has 0 radical (unpaired) electrons. The Balaban J connectivity index is 0.00000256. The minimum absolute atomic E-state index is 0. The number of hydrogen-bond acceptors (Lipinski definition) is 2. The first-order valence-corrected chi connectivity index (χ1v) is 6.73. The van der Waals surface area contributed by atoms with Crippen molar-refractivity contribution in [2.45, 2.75) is 46.0 Å². The molecule has 0 aromatic rings.